The fraction of sp³-hybridized carbons (Fsp3) is 0.143. The van der Waals surface area contributed by atoms with Crippen LogP contribution in [0.1, 0.15) is 9.67 Å². The summed E-state index contributed by atoms with van der Waals surface area (Å²) in [5, 5.41) is 2.65. The van der Waals surface area contributed by atoms with Crippen molar-refractivity contribution in [3.8, 4) is 21.9 Å². The van der Waals surface area contributed by atoms with E-state index >= 15 is 0 Å². The number of fused-ring (bicyclic) bond motifs is 1. The number of hydrogen-bond donors (Lipinski definition) is 1. The van der Waals surface area contributed by atoms with Crippen LogP contribution < -0.4 is 14.8 Å². The van der Waals surface area contributed by atoms with E-state index < -0.39 is 18.5 Å². The summed E-state index contributed by atoms with van der Waals surface area (Å²) in [6.07, 6.45) is 0. The largest absolute Gasteiger partial charge is 0.486 e. The van der Waals surface area contributed by atoms with E-state index in [0.29, 0.717) is 35.3 Å². The predicted molar refractivity (Wildman–Crippen MR) is 106 cm³/mol. The van der Waals surface area contributed by atoms with Crippen molar-refractivity contribution in [2.45, 2.75) is 0 Å². The van der Waals surface area contributed by atoms with Crippen molar-refractivity contribution in [3.63, 3.8) is 0 Å². The summed E-state index contributed by atoms with van der Waals surface area (Å²) >= 11 is 1.21. The number of hydrogen-bond acceptors (Lipinski definition) is 6. The first kappa shape index (κ1) is 18.9. The van der Waals surface area contributed by atoms with Gasteiger partial charge < -0.3 is 19.5 Å². The summed E-state index contributed by atoms with van der Waals surface area (Å²) in [6.45, 7) is 0.514. The third-order valence-electron chi connectivity index (χ3n) is 4.10. The molecule has 0 radical (unpaired) electrons. The molecule has 1 N–H and O–H groups in total. The second-order valence-corrected chi connectivity index (χ2v) is 7.24. The maximum Gasteiger partial charge on any atom is 0.348 e. The van der Waals surface area contributed by atoms with Crippen LogP contribution in [0.3, 0.4) is 0 Å². The maximum absolute atomic E-state index is 13.0. The average Bonchev–Trinajstić information content (AvgIpc) is 3.23. The molecule has 0 atom stereocenters. The summed E-state index contributed by atoms with van der Waals surface area (Å²) in [5.74, 6) is -0.215. The fourth-order valence-electron chi connectivity index (χ4n) is 2.74. The Kier molecular flexibility index (Phi) is 5.44. The summed E-state index contributed by atoms with van der Waals surface area (Å²) in [5.41, 5.74) is 1.32. The molecule has 3 aromatic rings. The van der Waals surface area contributed by atoms with E-state index in [9.17, 15) is 14.0 Å². The van der Waals surface area contributed by atoms with E-state index in [2.05, 4.69) is 5.32 Å². The van der Waals surface area contributed by atoms with Crippen LogP contribution in [-0.4, -0.2) is 31.7 Å². The number of carbonyl (C=O) groups excluding carboxylic acids is 2. The van der Waals surface area contributed by atoms with Crippen molar-refractivity contribution >= 4 is 28.9 Å². The van der Waals surface area contributed by atoms with Gasteiger partial charge in [-0.15, -0.1) is 11.3 Å². The Labute approximate surface area is 169 Å². The van der Waals surface area contributed by atoms with Gasteiger partial charge in [0.2, 0.25) is 0 Å². The number of rotatable bonds is 5. The third kappa shape index (κ3) is 4.55. The fourth-order valence-corrected chi connectivity index (χ4v) is 3.64. The lowest BCUT2D eigenvalue weighted by Gasteiger charge is -2.18. The molecule has 29 heavy (non-hydrogen) atoms. The Morgan fingerprint density at radius 1 is 1.00 bits per heavy atom. The Morgan fingerprint density at radius 3 is 2.55 bits per heavy atom. The molecule has 6 nitrogen and oxygen atoms in total. The minimum absolute atomic E-state index is 0.325. The summed E-state index contributed by atoms with van der Waals surface area (Å²) in [6, 6.07) is 14.4. The topological polar surface area (TPSA) is 73.9 Å². The first-order valence-corrected chi connectivity index (χ1v) is 9.62. The molecule has 0 spiro atoms. The number of esters is 1. The SMILES string of the molecule is O=C(COC(=O)c1ccc(-c2ccc(F)cc2)s1)Nc1ccc2c(c1)OCCO2. The molecule has 2 heterocycles. The molecule has 4 rings (SSSR count). The highest BCUT2D eigenvalue weighted by Crippen LogP contribution is 2.32. The second-order valence-electron chi connectivity index (χ2n) is 6.15. The van der Waals surface area contributed by atoms with Crippen LogP contribution >= 0.6 is 11.3 Å². The van der Waals surface area contributed by atoms with Gasteiger partial charge in [-0.3, -0.25) is 4.79 Å². The van der Waals surface area contributed by atoms with Crippen LogP contribution in [0.15, 0.2) is 54.6 Å². The lowest BCUT2D eigenvalue weighted by Crippen LogP contribution is -2.21. The van der Waals surface area contributed by atoms with Crippen molar-refractivity contribution in [1.82, 2.24) is 0 Å². The third-order valence-corrected chi connectivity index (χ3v) is 5.21. The molecule has 0 unspecified atom stereocenters. The van der Waals surface area contributed by atoms with E-state index in [1.54, 1.807) is 42.5 Å². The van der Waals surface area contributed by atoms with E-state index in [-0.39, 0.29) is 5.82 Å². The van der Waals surface area contributed by atoms with Gasteiger partial charge in [0.15, 0.2) is 18.1 Å². The highest BCUT2D eigenvalue weighted by atomic mass is 32.1. The van der Waals surface area contributed by atoms with Crippen molar-refractivity contribution in [2.75, 3.05) is 25.1 Å². The molecule has 148 valence electrons. The number of thiophene rings is 1. The lowest BCUT2D eigenvalue weighted by molar-refractivity contribution is -0.119. The molecular formula is C21H16FNO5S. The van der Waals surface area contributed by atoms with Crippen LogP contribution in [0.5, 0.6) is 11.5 Å². The Morgan fingerprint density at radius 2 is 1.76 bits per heavy atom. The Hall–Kier alpha value is -3.39. The first-order chi connectivity index (χ1) is 14.1. The summed E-state index contributed by atoms with van der Waals surface area (Å²) in [7, 11) is 0. The van der Waals surface area contributed by atoms with E-state index in [0.717, 1.165) is 10.4 Å². The van der Waals surface area contributed by atoms with E-state index in [4.69, 9.17) is 14.2 Å². The lowest BCUT2D eigenvalue weighted by atomic mass is 10.2. The number of benzene rings is 2. The monoisotopic (exact) mass is 413 g/mol. The van der Waals surface area contributed by atoms with Gasteiger partial charge in [-0.2, -0.15) is 0 Å². The highest BCUT2D eigenvalue weighted by Gasteiger charge is 2.16. The van der Waals surface area contributed by atoms with Crippen LogP contribution in [0.2, 0.25) is 0 Å². The molecule has 0 aliphatic carbocycles. The normalized spacial score (nSPS) is 12.3. The van der Waals surface area contributed by atoms with Gasteiger partial charge >= 0.3 is 5.97 Å². The molecule has 8 heteroatoms. The number of ether oxygens (including phenoxy) is 3. The minimum Gasteiger partial charge on any atom is -0.486 e. The van der Waals surface area contributed by atoms with Crippen LogP contribution in [0.25, 0.3) is 10.4 Å². The minimum atomic E-state index is -0.597. The standard InChI is InChI=1S/C21H16FNO5S/c22-14-3-1-13(2-4-14)18-7-8-19(29-18)21(25)28-12-20(24)23-15-5-6-16-17(11-15)27-10-9-26-16/h1-8,11H,9-10,12H2,(H,23,24). The molecule has 1 aromatic heterocycles. The molecule has 1 aliphatic heterocycles. The number of carbonyl (C=O) groups is 2. The summed E-state index contributed by atoms with van der Waals surface area (Å²) < 4.78 is 29.0. The molecule has 0 saturated carbocycles. The van der Waals surface area contributed by atoms with E-state index in [1.165, 1.54) is 23.5 Å². The molecule has 0 bridgehead atoms. The van der Waals surface area contributed by atoms with Crippen molar-refractivity contribution in [2.24, 2.45) is 0 Å². The highest BCUT2D eigenvalue weighted by molar-refractivity contribution is 7.17. The maximum atomic E-state index is 13.0. The van der Waals surface area contributed by atoms with Crippen LogP contribution in [0.4, 0.5) is 10.1 Å². The smallest absolute Gasteiger partial charge is 0.348 e. The van der Waals surface area contributed by atoms with Crippen LogP contribution in [0, 0.1) is 5.82 Å². The Bertz CT molecular complexity index is 1050. The number of amides is 1. The van der Waals surface area contributed by atoms with Gasteiger partial charge in [0.25, 0.3) is 5.91 Å². The quantitative estimate of drug-likeness (QED) is 0.637. The number of anilines is 1. The van der Waals surface area contributed by atoms with Gasteiger partial charge in [0.05, 0.1) is 0 Å². The molecule has 2 aromatic carbocycles. The number of halogens is 1. The molecule has 0 saturated heterocycles. The van der Waals surface area contributed by atoms with Gasteiger partial charge in [-0.05, 0) is 42.0 Å². The van der Waals surface area contributed by atoms with Crippen LogP contribution in [-0.2, 0) is 9.53 Å². The van der Waals surface area contributed by atoms with Gasteiger partial charge in [-0.25, -0.2) is 9.18 Å². The van der Waals surface area contributed by atoms with Gasteiger partial charge in [0.1, 0.15) is 23.9 Å². The predicted octanol–water partition coefficient (Wildman–Crippen LogP) is 4.12. The Balaban J connectivity index is 1.32. The molecule has 1 amide bonds. The second kappa shape index (κ2) is 8.32. The van der Waals surface area contributed by atoms with Gasteiger partial charge in [0, 0.05) is 16.6 Å². The molecule has 1 aliphatic rings. The zero-order chi connectivity index (χ0) is 20.2. The average molecular weight is 413 g/mol. The van der Waals surface area contributed by atoms with Crippen molar-refractivity contribution in [1.29, 1.82) is 0 Å². The molecule has 0 fully saturated rings. The number of nitrogens with one attached hydrogen (secondary N) is 1. The van der Waals surface area contributed by atoms with E-state index in [1.807, 2.05) is 0 Å². The van der Waals surface area contributed by atoms with Gasteiger partial charge in [-0.1, -0.05) is 12.1 Å². The first-order valence-electron chi connectivity index (χ1n) is 8.81. The molecular weight excluding hydrogens is 397 g/mol. The summed E-state index contributed by atoms with van der Waals surface area (Å²) in [4.78, 5) is 25.4. The van der Waals surface area contributed by atoms with Crippen molar-refractivity contribution < 1.29 is 28.2 Å². The zero-order valence-electron chi connectivity index (χ0n) is 15.1. The van der Waals surface area contributed by atoms with Crippen molar-refractivity contribution in [3.05, 3.63) is 65.3 Å². The zero-order valence-corrected chi connectivity index (χ0v) is 16.0.